The highest BCUT2D eigenvalue weighted by Gasteiger charge is 2.31. The van der Waals surface area contributed by atoms with E-state index < -0.39 is 18.8 Å². The third-order valence-electron chi connectivity index (χ3n) is 1.09. The van der Waals surface area contributed by atoms with Crippen LogP contribution in [0.1, 0.15) is 0 Å². The summed E-state index contributed by atoms with van der Waals surface area (Å²) in [6.45, 7) is -0.563. The van der Waals surface area contributed by atoms with E-state index in [1.54, 1.807) is 0 Å². The average molecular weight is 167 g/mol. The van der Waals surface area contributed by atoms with Crippen LogP contribution in [0.15, 0.2) is 0 Å². The maximum atomic E-state index is 11.9. The quantitative estimate of drug-likeness (QED) is 0.465. The number of carbonyl (C=O) groups is 1. The van der Waals surface area contributed by atoms with E-state index in [0.717, 1.165) is 4.31 Å². The molecule has 0 aromatic heterocycles. The van der Waals surface area contributed by atoms with Gasteiger partial charge in [-0.15, -0.1) is 0 Å². The van der Waals surface area contributed by atoms with Crippen molar-refractivity contribution >= 4 is 18.3 Å². The molecule has 0 spiro atoms. The van der Waals surface area contributed by atoms with Gasteiger partial charge in [-0.1, -0.05) is 0 Å². The lowest BCUT2D eigenvalue weighted by Crippen LogP contribution is -2.32. The second kappa shape index (κ2) is 3.07. The highest BCUT2D eigenvalue weighted by Crippen LogP contribution is 2.24. The molecular weight excluding hydrogens is 161 g/mol. The second-order valence-corrected chi connectivity index (χ2v) is 2.55. The monoisotopic (exact) mass is 167 g/mol. The van der Waals surface area contributed by atoms with Gasteiger partial charge < -0.3 is 5.11 Å². The van der Waals surface area contributed by atoms with Crippen LogP contribution in [-0.4, -0.2) is 34.8 Å². The molecule has 10 heavy (non-hydrogen) atoms. The smallest absolute Gasteiger partial charge is 0.419 e. The van der Waals surface area contributed by atoms with Crippen LogP contribution in [0.3, 0.4) is 0 Å². The van der Waals surface area contributed by atoms with Crippen LogP contribution in [0.25, 0.3) is 0 Å². The lowest BCUT2D eigenvalue weighted by Gasteiger charge is -2.12. The minimum atomic E-state index is -1.16. The molecule has 1 unspecified atom stereocenters. The normalized spacial score (nSPS) is 25.3. The first-order valence-corrected chi connectivity index (χ1v) is 3.33. The lowest BCUT2D eigenvalue weighted by atomic mass is 10.3. The average Bonchev–Trinajstić information content (AvgIpc) is 2.33. The van der Waals surface area contributed by atoms with Crippen molar-refractivity contribution in [3.8, 4) is 0 Å². The topological polar surface area (TPSA) is 49.8 Å². The molecular formula is C4H6FNO3S. The molecule has 4 nitrogen and oxygen atoms in total. The van der Waals surface area contributed by atoms with Gasteiger partial charge >= 0.3 is 6.09 Å². The maximum absolute atomic E-state index is 11.9. The van der Waals surface area contributed by atoms with E-state index in [4.69, 9.17) is 5.11 Å². The summed E-state index contributed by atoms with van der Waals surface area (Å²) in [6.07, 6.45) is -1.16. The molecule has 0 aliphatic carbocycles. The Kier molecular flexibility index (Phi) is 2.34. The van der Waals surface area contributed by atoms with Crippen molar-refractivity contribution in [2.75, 3.05) is 13.3 Å². The fourth-order valence-corrected chi connectivity index (χ4v) is 1.22. The molecule has 6 heteroatoms. The maximum Gasteiger partial charge on any atom is 0.419 e. The van der Waals surface area contributed by atoms with Crippen LogP contribution < -0.4 is 0 Å². The molecule has 0 radical (unpaired) electrons. The van der Waals surface area contributed by atoms with Crippen molar-refractivity contribution in [3.05, 3.63) is 0 Å². The van der Waals surface area contributed by atoms with Crippen LogP contribution in [-0.2, 0) is 4.18 Å². The van der Waals surface area contributed by atoms with E-state index in [2.05, 4.69) is 4.18 Å². The summed E-state index contributed by atoms with van der Waals surface area (Å²) in [7, 11) is 0. The third-order valence-corrected chi connectivity index (χ3v) is 1.95. The van der Waals surface area contributed by atoms with Crippen LogP contribution in [0.2, 0.25) is 0 Å². The second-order valence-electron chi connectivity index (χ2n) is 1.78. The zero-order chi connectivity index (χ0) is 7.56. The summed E-state index contributed by atoms with van der Waals surface area (Å²) in [4.78, 5) is 10.2. The SMILES string of the molecule is O=C(O)N1SOCC1CF. The van der Waals surface area contributed by atoms with Crippen molar-refractivity contribution < 1.29 is 18.5 Å². The van der Waals surface area contributed by atoms with Gasteiger partial charge in [-0.2, -0.15) is 0 Å². The number of amides is 1. The Morgan fingerprint density at radius 3 is 3.10 bits per heavy atom. The number of alkyl halides is 1. The van der Waals surface area contributed by atoms with Gasteiger partial charge in [-0.05, 0) is 0 Å². The summed E-state index contributed by atoms with van der Waals surface area (Å²) in [6, 6.07) is -0.637. The fraction of sp³-hybridized carbons (Fsp3) is 0.750. The summed E-state index contributed by atoms with van der Waals surface area (Å²) in [5.74, 6) is 0. The molecule has 1 aliphatic heterocycles. The largest absolute Gasteiger partial charge is 0.464 e. The third kappa shape index (κ3) is 1.32. The lowest BCUT2D eigenvalue weighted by molar-refractivity contribution is 0.160. The predicted octanol–water partition coefficient (Wildman–Crippen LogP) is 0.898. The molecule has 1 amide bonds. The van der Waals surface area contributed by atoms with Gasteiger partial charge in [0.1, 0.15) is 24.9 Å². The highest BCUT2D eigenvalue weighted by molar-refractivity contribution is 7.93. The van der Waals surface area contributed by atoms with E-state index >= 15 is 0 Å². The van der Waals surface area contributed by atoms with Gasteiger partial charge in [0.2, 0.25) is 0 Å². The predicted molar refractivity (Wildman–Crippen MR) is 33.2 cm³/mol. The van der Waals surface area contributed by atoms with Crippen molar-refractivity contribution in [3.63, 3.8) is 0 Å². The molecule has 0 saturated carbocycles. The van der Waals surface area contributed by atoms with Crippen LogP contribution >= 0.6 is 12.2 Å². The van der Waals surface area contributed by atoms with Crippen molar-refractivity contribution in [1.82, 2.24) is 4.31 Å². The Morgan fingerprint density at radius 1 is 2.00 bits per heavy atom. The first kappa shape index (κ1) is 7.62. The van der Waals surface area contributed by atoms with E-state index in [1.165, 1.54) is 0 Å². The van der Waals surface area contributed by atoms with Gasteiger partial charge in [0, 0.05) is 0 Å². The minimum absolute atomic E-state index is 0.132. The molecule has 1 fully saturated rings. The molecule has 58 valence electrons. The molecule has 1 atom stereocenters. The summed E-state index contributed by atoms with van der Waals surface area (Å²) in [5, 5.41) is 8.37. The van der Waals surface area contributed by atoms with E-state index in [9.17, 15) is 9.18 Å². The Balaban J connectivity index is 2.50. The number of halogens is 1. The molecule has 1 heterocycles. The number of hydrogen-bond acceptors (Lipinski definition) is 3. The molecule has 0 aromatic carbocycles. The number of nitrogens with zero attached hydrogens (tertiary/aromatic N) is 1. The van der Waals surface area contributed by atoms with Crippen molar-refractivity contribution in [2.24, 2.45) is 0 Å². The number of carboxylic acid groups (broad SMARTS) is 1. The number of rotatable bonds is 1. The van der Waals surface area contributed by atoms with Crippen LogP contribution in [0.5, 0.6) is 0 Å². The van der Waals surface area contributed by atoms with Gasteiger partial charge in [0.25, 0.3) is 0 Å². The molecule has 1 aliphatic rings. The van der Waals surface area contributed by atoms with Gasteiger partial charge in [0.05, 0.1) is 6.61 Å². The molecule has 0 bridgehead atoms. The van der Waals surface area contributed by atoms with Gasteiger partial charge in [0.15, 0.2) is 0 Å². The molecule has 1 N–H and O–H groups in total. The van der Waals surface area contributed by atoms with Crippen molar-refractivity contribution in [2.45, 2.75) is 6.04 Å². The Hall–Kier alpha value is -0.490. The minimum Gasteiger partial charge on any atom is -0.464 e. The van der Waals surface area contributed by atoms with Gasteiger partial charge in [-0.25, -0.2) is 13.5 Å². The Morgan fingerprint density at radius 2 is 2.70 bits per heavy atom. The summed E-state index contributed by atoms with van der Waals surface area (Å²) >= 11 is 0.677. The fourth-order valence-electron chi connectivity index (χ4n) is 0.590. The summed E-state index contributed by atoms with van der Waals surface area (Å²) < 4.78 is 17.4. The first-order valence-electron chi connectivity index (χ1n) is 2.63. The standard InChI is InChI=1S/C4H6FNO3S/c5-1-3-2-9-10-6(3)4(7)8/h3H,1-2H2,(H,7,8). The number of hydrogen-bond donors (Lipinski definition) is 1. The molecule has 1 saturated heterocycles. The molecule has 1 rings (SSSR count). The molecule has 0 aromatic rings. The van der Waals surface area contributed by atoms with E-state index in [0.29, 0.717) is 12.2 Å². The van der Waals surface area contributed by atoms with Crippen LogP contribution in [0, 0.1) is 0 Å². The Labute approximate surface area is 61.3 Å². The zero-order valence-corrected chi connectivity index (χ0v) is 5.81. The van der Waals surface area contributed by atoms with Gasteiger partial charge in [-0.3, -0.25) is 4.18 Å². The van der Waals surface area contributed by atoms with Crippen LogP contribution in [0.4, 0.5) is 9.18 Å². The Bertz CT molecular complexity index is 144. The van der Waals surface area contributed by atoms with E-state index in [1.807, 2.05) is 0 Å². The first-order chi connectivity index (χ1) is 4.75. The highest BCUT2D eigenvalue weighted by atomic mass is 32.2. The van der Waals surface area contributed by atoms with E-state index in [-0.39, 0.29) is 6.61 Å². The summed E-state index contributed by atoms with van der Waals surface area (Å²) in [5.41, 5.74) is 0. The zero-order valence-electron chi connectivity index (χ0n) is 4.99. The van der Waals surface area contributed by atoms with Crippen molar-refractivity contribution in [1.29, 1.82) is 0 Å².